The van der Waals surface area contributed by atoms with Crippen LogP contribution >= 0.6 is 27.9 Å². The maximum Gasteiger partial charge on any atom is 0.265 e. The Hall–Kier alpha value is -1.71. The summed E-state index contributed by atoms with van der Waals surface area (Å²) in [6, 6.07) is 7.96. The number of halogens is 2. The lowest BCUT2D eigenvalue weighted by molar-refractivity contribution is 0.0984. The minimum Gasteiger partial charge on any atom is -0.351 e. The molecule has 1 fully saturated rings. The lowest BCUT2D eigenvalue weighted by atomic mass is 9.93. The van der Waals surface area contributed by atoms with Crippen molar-refractivity contribution in [3.63, 3.8) is 0 Å². The van der Waals surface area contributed by atoms with Crippen LogP contribution in [0.25, 0.3) is 0 Å². The van der Waals surface area contributed by atoms with Crippen LogP contribution in [0.3, 0.4) is 0 Å². The Morgan fingerprint density at radius 3 is 2.90 bits per heavy atom. The molecule has 29 heavy (non-hydrogen) atoms. The van der Waals surface area contributed by atoms with E-state index in [1.165, 1.54) is 6.07 Å². The fourth-order valence-electron chi connectivity index (χ4n) is 3.77. The van der Waals surface area contributed by atoms with Crippen LogP contribution in [0.2, 0.25) is 0 Å². The number of amides is 1. The maximum absolute atomic E-state index is 13.3. The number of carbonyl (C=O) groups excluding carboxylic acids is 1. The average molecular weight is 482 g/mol. The second kappa shape index (κ2) is 9.40. The molecule has 1 aliphatic rings. The van der Waals surface area contributed by atoms with Crippen LogP contribution in [0.5, 0.6) is 0 Å². The molecule has 1 amide bonds. The molecule has 3 heterocycles. The standard InChI is InChI=1S/C20H25BrFN5OS/c1-20(2)11-13(5-4-10-23)12-27(20)18-14(8-9-15(21)24-18)19(28)26-29-17-7-3-6-16(22)25-17/h3,6-9,13H,4-5,10-12,23H2,1-2H3,(H,26,28). The van der Waals surface area contributed by atoms with Crippen LogP contribution in [0, 0.1) is 11.9 Å². The summed E-state index contributed by atoms with van der Waals surface area (Å²) in [5.41, 5.74) is 6.03. The molecule has 0 aromatic carbocycles. The number of rotatable bonds is 7. The molecular weight excluding hydrogens is 457 g/mol. The monoisotopic (exact) mass is 481 g/mol. The van der Waals surface area contributed by atoms with Gasteiger partial charge in [-0.2, -0.15) is 4.39 Å². The summed E-state index contributed by atoms with van der Waals surface area (Å²) in [5, 5.41) is 0.383. The van der Waals surface area contributed by atoms with E-state index in [-0.39, 0.29) is 11.4 Å². The van der Waals surface area contributed by atoms with E-state index in [4.69, 9.17) is 5.73 Å². The van der Waals surface area contributed by atoms with Crippen molar-refractivity contribution in [2.75, 3.05) is 18.0 Å². The molecule has 2 aromatic heterocycles. The molecule has 0 saturated carbocycles. The molecule has 9 heteroatoms. The number of nitrogens with two attached hydrogens (primary N) is 1. The lowest BCUT2D eigenvalue weighted by Crippen LogP contribution is -2.40. The number of nitrogens with zero attached hydrogens (tertiary/aromatic N) is 3. The van der Waals surface area contributed by atoms with Crippen LogP contribution in [-0.4, -0.2) is 34.5 Å². The summed E-state index contributed by atoms with van der Waals surface area (Å²) >= 11 is 4.41. The summed E-state index contributed by atoms with van der Waals surface area (Å²) in [7, 11) is 0. The van der Waals surface area contributed by atoms with E-state index in [1.807, 2.05) is 0 Å². The molecular formula is C20H25BrFN5OS. The van der Waals surface area contributed by atoms with Crippen LogP contribution in [-0.2, 0) is 0 Å². The summed E-state index contributed by atoms with van der Waals surface area (Å²) in [5.74, 6) is 0.274. The number of hydrogen-bond acceptors (Lipinski definition) is 6. The molecule has 2 aromatic rings. The minimum atomic E-state index is -0.586. The third-order valence-corrected chi connectivity index (χ3v) is 6.22. The van der Waals surface area contributed by atoms with Crippen molar-refractivity contribution in [3.8, 4) is 0 Å². The van der Waals surface area contributed by atoms with Gasteiger partial charge in [0.15, 0.2) is 0 Å². The van der Waals surface area contributed by atoms with Gasteiger partial charge in [0.1, 0.15) is 15.4 Å². The van der Waals surface area contributed by atoms with Crippen molar-refractivity contribution >= 4 is 39.6 Å². The second-order valence-electron chi connectivity index (χ2n) is 7.76. The predicted molar refractivity (Wildman–Crippen MR) is 117 cm³/mol. The molecule has 6 nitrogen and oxygen atoms in total. The van der Waals surface area contributed by atoms with Crippen LogP contribution in [0.4, 0.5) is 10.2 Å². The highest BCUT2D eigenvalue weighted by molar-refractivity contribution is 9.10. The number of anilines is 1. The topological polar surface area (TPSA) is 84.1 Å². The van der Waals surface area contributed by atoms with E-state index in [1.54, 1.807) is 24.3 Å². The van der Waals surface area contributed by atoms with Gasteiger partial charge < -0.3 is 10.6 Å². The molecule has 1 atom stereocenters. The van der Waals surface area contributed by atoms with Gasteiger partial charge in [0.2, 0.25) is 5.95 Å². The molecule has 0 aliphatic carbocycles. The second-order valence-corrected chi connectivity index (χ2v) is 9.40. The first kappa shape index (κ1) is 22.0. The van der Waals surface area contributed by atoms with Crippen molar-refractivity contribution in [1.29, 1.82) is 0 Å². The number of pyridine rings is 2. The summed E-state index contributed by atoms with van der Waals surface area (Å²) < 4.78 is 16.7. The van der Waals surface area contributed by atoms with Gasteiger partial charge in [-0.1, -0.05) is 6.07 Å². The van der Waals surface area contributed by atoms with Crippen LogP contribution in [0.1, 0.15) is 43.5 Å². The smallest absolute Gasteiger partial charge is 0.265 e. The molecule has 0 bridgehead atoms. The Balaban J connectivity index is 1.81. The molecule has 3 rings (SSSR count). The van der Waals surface area contributed by atoms with Crippen molar-refractivity contribution in [3.05, 3.63) is 46.4 Å². The highest BCUT2D eigenvalue weighted by Gasteiger charge is 2.40. The molecule has 0 radical (unpaired) electrons. The normalized spacial score (nSPS) is 18.1. The number of carbonyl (C=O) groups is 1. The highest BCUT2D eigenvalue weighted by Crippen LogP contribution is 2.39. The van der Waals surface area contributed by atoms with Crippen molar-refractivity contribution < 1.29 is 9.18 Å². The van der Waals surface area contributed by atoms with Gasteiger partial charge in [-0.3, -0.25) is 9.52 Å². The first-order valence-electron chi connectivity index (χ1n) is 9.54. The van der Waals surface area contributed by atoms with Gasteiger partial charge in [0.25, 0.3) is 5.91 Å². The van der Waals surface area contributed by atoms with Gasteiger partial charge in [-0.05, 0) is 85.8 Å². The number of aromatic nitrogens is 2. The first-order chi connectivity index (χ1) is 13.8. The molecule has 156 valence electrons. The zero-order valence-corrected chi connectivity index (χ0v) is 18.9. The summed E-state index contributed by atoms with van der Waals surface area (Å²) in [6.07, 6.45) is 3.07. The summed E-state index contributed by atoms with van der Waals surface area (Å²) in [6.45, 7) is 5.86. The molecule has 0 spiro atoms. The van der Waals surface area contributed by atoms with E-state index in [0.29, 0.717) is 33.5 Å². The largest absolute Gasteiger partial charge is 0.351 e. The lowest BCUT2D eigenvalue weighted by Gasteiger charge is -2.33. The SMILES string of the molecule is CC1(C)CC(CCCN)CN1c1nc(Br)ccc1C(=O)NSc1cccc(F)n1. The van der Waals surface area contributed by atoms with E-state index in [0.717, 1.165) is 37.8 Å². The van der Waals surface area contributed by atoms with Gasteiger partial charge in [0.05, 0.1) is 5.56 Å². The van der Waals surface area contributed by atoms with Crippen molar-refractivity contribution in [1.82, 2.24) is 14.7 Å². The fourth-order valence-corrected chi connectivity index (χ4v) is 4.65. The third kappa shape index (κ3) is 5.46. The molecule has 3 N–H and O–H groups in total. The quantitative estimate of drug-likeness (QED) is 0.456. The van der Waals surface area contributed by atoms with Crippen molar-refractivity contribution in [2.45, 2.75) is 43.7 Å². The van der Waals surface area contributed by atoms with Gasteiger partial charge >= 0.3 is 0 Å². The molecule has 1 unspecified atom stereocenters. The average Bonchev–Trinajstić information content (AvgIpc) is 2.98. The Kier molecular flexibility index (Phi) is 7.13. The van der Waals surface area contributed by atoms with Gasteiger partial charge in [-0.25, -0.2) is 9.97 Å². The van der Waals surface area contributed by atoms with Crippen molar-refractivity contribution in [2.24, 2.45) is 11.7 Å². The number of hydrogen-bond donors (Lipinski definition) is 2. The Bertz CT molecular complexity index is 882. The van der Waals surface area contributed by atoms with E-state index in [9.17, 15) is 9.18 Å². The summed E-state index contributed by atoms with van der Waals surface area (Å²) in [4.78, 5) is 23.5. The first-order valence-corrected chi connectivity index (χ1v) is 11.1. The Morgan fingerprint density at radius 1 is 1.38 bits per heavy atom. The zero-order chi connectivity index (χ0) is 21.0. The van der Waals surface area contributed by atoms with E-state index in [2.05, 4.69) is 49.4 Å². The fraction of sp³-hybridized carbons (Fsp3) is 0.450. The van der Waals surface area contributed by atoms with Crippen LogP contribution < -0.4 is 15.4 Å². The predicted octanol–water partition coefficient (Wildman–Crippen LogP) is 4.16. The van der Waals surface area contributed by atoms with E-state index < -0.39 is 5.95 Å². The Morgan fingerprint density at radius 2 is 2.17 bits per heavy atom. The molecule has 1 saturated heterocycles. The zero-order valence-electron chi connectivity index (χ0n) is 16.5. The third-order valence-electron chi connectivity index (χ3n) is 5.06. The minimum absolute atomic E-state index is 0.126. The molecule has 1 aliphatic heterocycles. The Labute approximate surface area is 183 Å². The van der Waals surface area contributed by atoms with Gasteiger partial charge in [0, 0.05) is 24.0 Å². The van der Waals surface area contributed by atoms with Gasteiger partial charge in [-0.15, -0.1) is 0 Å². The van der Waals surface area contributed by atoms with Crippen LogP contribution in [0.15, 0.2) is 40.0 Å². The van der Waals surface area contributed by atoms with E-state index >= 15 is 0 Å². The number of nitrogens with one attached hydrogen (secondary N) is 1. The highest BCUT2D eigenvalue weighted by atomic mass is 79.9. The maximum atomic E-state index is 13.3.